The molecule has 0 aromatic carbocycles. The van der Waals surface area contributed by atoms with Gasteiger partial charge in [-0.25, -0.2) is 4.79 Å². The molecule has 0 spiro atoms. The van der Waals surface area contributed by atoms with Gasteiger partial charge in [-0.05, 0) is 51.0 Å². The number of thiophene rings is 1. The summed E-state index contributed by atoms with van der Waals surface area (Å²) in [5, 5.41) is 9.02. The first-order valence-electron chi connectivity index (χ1n) is 10.1. The maximum absolute atomic E-state index is 12.2. The van der Waals surface area contributed by atoms with E-state index < -0.39 is 5.60 Å². The molecule has 1 aromatic rings. The molecule has 1 saturated heterocycles. The molecule has 2 N–H and O–H groups in total. The van der Waals surface area contributed by atoms with E-state index in [9.17, 15) is 4.79 Å². The minimum atomic E-state index is -0.440. The summed E-state index contributed by atoms with van der Waals surface area (Å²) in [6, 6.07) is 4.28. The SMILES string of the molecule is CN=C(NCC1CCN(C(=O)OC(C)(C)C)CC1)NCC(C)(C)c1cccs1. The van der Waals surface area contributed by atoms with E-state index >= 15 is 0 Å². The van der Waals surface area contributed by atoms with Crippen LogP contribution in [0.4, 0.5) is 4.79 Å². The van der Waals surface area contributed by atoms with E-state index in [1.807, 2.05) is 25.7 Å². The van der Waals surface area contributed by atoms with Crippen molar-refractivity contribution in [1.29, 1.82) is 0 Å². The fraction of sp³-hybridized carbons (Fsp3) is 0.714. The first-order chi connectivity index (χ1) is 13.1. The van der Waals surface area contributed by atoms with Crippen LogP contribution in [0.5, 0.6) is 0 Å². The number of hydrogen-bond donors (Lipinski definition) is 2. The van der Waals surface area contributed by atoms with Crippen LogP contribution in [0.1, 0.15) is 52.3 Å². The van der Waals surface area contributed by atoms with Gasteiger partial charge in [-0.15, -0.1) is 11.3 Å². The highest BCUT2D eigenvalue weighted by Crippen LogP contribution is 2.26. The molecule has 0 radical (unpaired) electrons. The van der Waals surface area contributed by atoms with Crippen molar-refractivity contribution in [2.75, 3.05) is 33.2 Å². The van der Waals surface area contributed by atoms with Crippen LogP contribution >= 0.6 is 11.3 Å². The monoisotopic (exact) mass is 408 g/mol. The van der Waals surface area contributed by atoms with Gasteiger partial charge in [0.2, 0.25) is 0 Å². The summed E-state index contributed by atoms with van der Waals surface area (Å²) < 4.78 is 5.47. The van der Waals surface area contributed by atoms with Gasteiger partial charge in [0.05, 0.1) is 0 Å². The number of nitrogens with zero attached hydrogens (tertiary/aromatic N) is 2. The molecular formula is C21H36N4O2S. The lowest BCUT2D eigenvalue weighted by atomic mass is 9.91. The Bertz CT molecular complexity index is 642. The standard InChI is InChI=1S/C21H36N4O2S/c1-20(2,3)27-19(26)25-11-9-16(10-12-25)14-23-18(22-6)24-15-21(4,5)17-8-7-13-28-17/h7-8,13,16H,9-12,14-15H2,1-6H3,(H2,22,23,24). The van der Waals surface area contributed by atoms with Gasteiger partial charge in [0.25, 0.3) is 0 Å². The third kappa shape index (κ3) is 7.00. The second-order valence-electron chi connectivity index (χ2n) is 9.08. The van der Waals surface area contributed by atoms with Crippen molar-refractivity contribution in [2.24, 2.45) is 10.9 Å². The van der Waals surface area contributed by atoms with Gasteiger partial charge in [0.1, 0.15) is 5.60 Å². The molecule has 0 bridgehead atoms. The zero-order valence-corrected chi connectivity index (χ0v) is 19.0. The first kappa shape index (κ1) is 22.5. The Labute approximate surface area is 173 Å². The predicted molar refractivity (Wildman–Crippen MR) is 117 cm³/mol. The fourth-order valence-electron chi connectivity index (χ4n) is 3.16. The van der Waals surface area contributed by atoms with Crippen molar-refractivity contribution in [3.8, 4) is 0 Å². The summed E-state index contributed by atoms with van der Waals surface area (Å²) in [6.07, 6.45) is 1.75. The molecule has 1 fully saturated rings. The Hall–Kier alpha value is -1.76. The van der Waals surface area contributed by atoms with Crippen molar-refractivity contribution in [1.82, 2.24) is 15.5 Å². The number of piperidine rings is 1. The van der Waals surface area contributed by atoms with Crippen molar-refractivity contribution in [3.63, 3.8) is 0 Å². The molecule has 1 aliphatic heterocycles. The van der Waals surface area contributed by atoms with Crippen molar-refractivity contribution in [3.05, 3.63) is 22.4 Å². The number of likely N-dealkylation sites (tertiary alicyclic amines) is 1. The van der Waals surface area contributed by atoms with Crippen LogP contribution in [0.25, 0.3) is 0 Å². The molecule has 158 valence electrons. The molecule has 0 aliphatic carbocycles. The Morgan fingerprint density at radius 3 is 2.46 bits per heavy atom. The lowest BCUT2D eigenvalue weighted by Gasteiger charge is -2.33. The van der Waals surface area contributed by atoms with Gasteiger partial charge in [0.15, 0.2) is 5.96 Å². The Morgan fingerprint density at radius 1 is 1.25 bits per heavy atom. The highest BCUT2D eigenvalue weighted by molar-refractivity contribution is 7.10. The molecule has 7 heteroatoms. The molecule has 0 saturated carbocycles. The van der Waals surface area contributed by atoms with Gasteiger partial charge in [0, 0.05) is 43.5 Å². The number of amides is 1. The topological polar surface area (TPSA) is 66.0 Å². The second kappa shape index (κ2) is 9.63. The molecular weight excluding hydrogens is 372 g/mol. The van der Waals surface area contributed by atoms with E-state index in [2.05, 4.69) is 47.0 Å². The van der Waals surface area contributed by atoms with E-state index in [1.165, 1.54) is 4.88 Å². The van der Waals surface area contributed by atoms with Gasteiger partial charge < -0.3 is 20.3 Å². The lowest BCUT2D eigenvalue weighted by Crippen LogP contribution is -2.47. The summed E-state index contributed by atoms with van der Waals surface area (Å²) >= 11 is 1.79. The van der Waals surface area contributed by atoms with Crippen molar-refractivity contribution >= 4 is 23.4 Å². The van der Waals surface area contributed by atoms with Crippen LogP contribution in [0.3, 0.4) is 0 Å². The maximum Gasteiger partial charge on any atom is 0.410 e. The van der Waals surface area contributed by atoms with Crippen LogP contribution < -0.4 is 10.6 Å². The largest absolute Gasteiger partial charge is 0.444 e. The fourth-order valence-corrected chi connectivity index (χ4v) is 4.02. The predicted octanol–water partition coefficient (Wildman–Crippen LogP) is 3.84. The number of hydrogen-bond acceptors (Lipinski definition) is 4. The van der Waals surface area contributed by atoms with Crippen LogP contribution in [0.2, 0.25) is 0 Å². The molecule has 1 amide bonds. The molecule has 1 aromatic heterocycles. The number of rotatable bonds is 5. The molecule has 28 heavy (non-hydrogen) atoms. The number of ether oxygens (including phenoxy) is 1. The summed E-state index contributed by atoms with van der Waals surface area (Å²) in [4.78, 5) is 19.7. The van der Waals surface area contributed by atoms with Gasteiger partial charge in [-0.1, -0.05) is 19.9 Å². The third-order valence-electron chi connectivity index (χ3n) is 4.93. The van der Waals surface area contributed by atoms with Gasteiger partial charge >= 0.3 is 6.09 Å². The molecule has 2 heterocycles. The normalized spacial score (nSPS) is 16.8. The Morgan fingerprint density at radius 2 is 1.93 bits per heavy atom. The summed E-state index contributed by atoms with van der Waals surface area (Å²) in [7, 11) is 1.80. The van der Waals surface area contributed by atoms with Crippen LogP contribution in [-0.4, -0.2) is 55.8 Å². The number of aliphatic imine (C=N–C) groups is 1. The Kier molecular flexibility index (Phi) is 7.75. The Balaban J connectivity index is 1.72. The van der Waals surface area contributed by atoms with Crippen molar-refractivity contribution < 1.29 is 9.53 Å². The zero-order valence-electron chi connectivity index (χ0n) is 18.2. The number of guanidine groups is 1. The second-order valence-corrected chi connectivity index (χ2v) is 10.0. The van der Waals surface area contributed by atoms with E-state index in [0.717, 1.165) is 45.0 Å². The van der Waals surface area contributed by atoms with Gasteiger partial charge in [-0.3, -0.25) is 4.99 Å². The van der Waals surface area contributed by atoms with E-state index in [1.54, 1.807) is 18.4 Å². The average molecular weight is 409 g/mol. The number of nitrogens with one attached hydrogen (secondary N) is 2. The quantitative estimate of drug-likeness (QED) is 0.574. The minimum Gasteiger partial charge on any atom is -0.444 e. The summed E-state index contributed by atoms with van der Waals surface area (Å²) in [6.45, 7) is 13.4. The smallest absolute Gasteiger partial charge is 0.410 e. The molecule has 6 nitrogen and oxygen atoms in total. The lowest BCUT2D eigenvalue weighted by molar-refractivity contribution is 0.0185. The highest BCUT2D eigenvalue weighted by atomic mass is 32.1. The average Bonchev–Trinajstić information content (AvgIpc) is 3.16. The van der Waals surface area contributed by atoms with Crippen LogP contribution in [-0.2, 0) is 10.2 Å². The van der Waals surface area contributed by atoms with E-state index in [0.29, 0.717) is 5.92 Å². The zero-order chi connectivity index (χ0) is 20.8. The maximum atomic E-state index is 12.2. The third-order valence-corrected chi connectivity index (χ3v) is 6.17. The number of carbonyl (C=O) groups is 1. The van der Waals surface area contributed by atoms with Crippen LogP contribution in [0.15, 0.2) is 22.5 Å². The van der Waals surface area contributed by atoms with Gasteiger partial charge in [-0.2, -0.15) is 0 Å². The highest BCUT2D eigenvalue weighted by Gasteiger charge is 2.27. The molecule has 2 rings (SSSR count). The number of carbonyl (C=O) groups excluding carboxylic acids is 1. The van der Waals surface area contributed by atoms with Crippen LogP contribution in [0, 0.1) is 5.92 Å². The van der Waals surface area contributed by atoms with Crippen molar-refractivity contribution in [2.45, 2.75) is 58.5 Å². The minimum absolute atomic E-state index is 0.0601. The van der Waals surface area contributed by atoms with E-state index in [-0.39, 0.29) is 11.5 Å². The molecule has 0 unspecified atom stereocenters. The molecule has 1 aliphatic rings. The molecule has 0 atom stereocenters. The first-order valence-corrected chi connectivity index (χ1v) is 10.9. The van der Waals surface area contributed by atoms with E-state index in [4.69, 9.17) is 4.74 Å². The summed E-state index contributed by atoms with van der Waals surface area (Å²) in [5.41, 5.74) is -0.380. The summed E-state index contributed by atoms with van der Waals surface area (Å²) in [5.74, 6) is 1.36.